The largest absolute Gasteiger partial charge is 0.373 e. The highest BCUT2D eigenvalue weighted by Gasteiger charge is 2.28. The van der Waals surface area contributed by atoms with Crippen LogP contribution in [-0.4, -0.2) is 22.6 Å². The van der Waals surface area contributed by atoms with Crippen LogP contribution in [0.2, 0.25) is 0 Å². The van der Waals surface area contributed by atoms with Gasteiger partial charge in [-0.2, -0.15) is 0 Å². The van der Waals surface area contributed by atoms with Crippen molar-refractivity contribution in [1.82, 2.24) is 9.97 Å². The molecule has 0 atom stereocenters. The predicted octanol–water partition coefficient (Wildman–Crippen LogP) is 3.39. The Hall–Kier alpha value is -1.32. The molecule has 1 aromatic rings. The van der Waals surface area contributed by atoms with E-state index in [1.165, 1.54) is 19.3 Å². The Morgan fingerprint density at radius 3 is 2.50 bits per heavy atom. The summed E-state index contributed by atoms with van der Waals surface area (Å²) in [7, 11) is 1.90. The molecule has 0 aliphatic heterocycles. The number of hydrogen-bond donors (Lipinski definition) is 2. The third-order valence-electron chi connectivity index (χ3n) is 3.28. The van der Waals surface area contributed by atoms with Gasteiger partial charge in [0.1, 0.15) is 17.5 Å². The van der Waals surface area contributed by atoms with Crippen LogP contribution in [0, 0.1) is 0 Å². The normalized spacial score (nSPS) is 15.6. The van der Waals surface area contributed by atoms with Gasteiger partial charge in [-0.15, -0.1) is 0 Å². The van der Waals surface area contributed by atoms with Gasteiger partial charge in [-0.05, 0) is 33.1 Å². The zero-order valence-electron chi connectivity index (χ0n) is 11.9. The lowest BCUT2D eigenvalue weighted by Gasteiger charge is -2.26. The maximum absolute atomic E-state index is 4.65. The van der Waals surface area contributed by atoms with Crippen LogP contribution in [0.15, 0.2) is 6.07 Å². The Balaban J connectivity index is 2.18. The quantitative estimate of drug-likeness (QED) is 0.810. The van der Waals surface area contributed by atoms with Crippen LogP contribution in [0.5, 0.6) is 0 Å². The lowest BCUT2D eigenvalue weighted by atomic mass is 9.99. The first-order valence-corrected chi connectivity index (χ1v) is 6.89. The van der Waals surface area contributed by atoms with Crippen molar-refractivity contribution in [3.63, 3.8) is 0 Å². The highest BCUT2D eigenvalue weighted by molar-refractivity contribution is 5.49. The van der Waals surface area contributed by atoms with E-state index in [-0.39, 0.29) is 5.54 Å². The second kappa shape index (κ2) is 5.12. The smallest absolute Gasteiger partial charge is 0.136 e. The first-order valence-electron chi connectivity index (χ1n) is 6.89. The van der Waals surface area contributed by atoms with Crippen LogP contribution in [-0.2, 0) is 0 Å². The van der Waals surface area contributed by atoms with Gasteiger partial charge in [0.05, 0.1) is 0 Å². The van der Waals surface area contributed by atoms with Gasteiger partial charge in [0.15, 0.2) is 0 Å². The van der Waals surface area contributed by atoms with Crippen LogP contribution in [0.4, 0.5) is 11.6 Å². The van der Waals surface area contributed by atoms with Gasteiger partial charge in [0.2, 0.25) is 0 Å². The minimum Gasteiger partial charge on any atom is -0.373 e. The van der Waals surface area contributed by atoms with Gasteiger partial charge in [-0.25, -0.2) is 9.97 Å². The molecule has 4 nitrogen and oxygen atoms in total. The van der Waals surface area contributed by atoms with E-state index >= 15 is 0 Å². The van der Waals surface area contributed by atoms with E-state index in [0.717, 1.165) is 23.9 Å². The maximum atomic E-state index is 4.65. The minimum atomic E-state index is 0.0783. The predicted molar refractivity (Wildman–Crippen MR) is 76.2 cm³/mol. The molecule has 0 radical (unpaired) electrons. The summed E-state index contributed by atoms with van der Waals surface area (Å²) in [6, 6.07) is 1.99. The molecule has 0 bridgehead atoms. The van der Waals surface area contributed by atoms with Crippen molar-refractivity contribution in [3.8, 4) is 0 Å². The molecule has 1 aromatic heterocycles. The van der Waals surface area contributed by atoms with E-state index in [1.807, 2.05) is 13.1 Å². The van der Waals surface area contributed by atoms with Gasteiger partial charge in [0.25, 0.3) is 0 Å². The summed E-state index contributed by atoms with van der Waals surface area (Å²) in [6.45, 7) is 6.64. The van der Waals surface area contributed by atoms with E-state index in [9.17, 15) is 0 Å². The fraction of sp³-hybridized carbons (Fsp3) is 0.714. The maximum Gasteiger partial charge on any atom is 0.136 e. The number of nitrogens with zero attached hydrogens (tertiary/aromatic N) is 2. The van der Waals surface area contributed by atoms with Gasteiger partial charge < -0.3 is 10.6 Å². The van der Waals surface area contributed by atoms with Crippen molar-refractivity contribution in [2.45, 2.75) is 57.9 Å². The Morgan fingerprint density at radius 1 is 1.28 bits per heavy atom. The first-order chi connectivity index (χ1) is 8.54. The Labute approximate surface area is 110 Å². The van der Waals surface area contributed by atoms with E-state index in [0.29, 0.717) is 5.92 Å². The molecule has 1 fully saturated rings. The lowest BCUT2D eigenvalue weighted by molar-refractivity contribution is 0.508. The fourth-order valence-corrected chi connectivity index (χ4v) is 2.22. The fourth-order valence-electron chi connectivity index (χ4n) is 2.22. The summed E-state index contributed by atoms with van der Waals surface area (Å²) < 4.78 is 0. The van der Waals surface area contributed by atoms with Crippen molar-refractivity contribution in [2.75, 3.05) is 17.7 Å². The van der Waals surface area contributed by atoms with Crippen molar-refractivity contribution < 1.29 is 0 Å². The van der Waals surface area contributed by atoms with Crippen molar-refractivity contribution in [3.05, 3.63) is 11.9 Å². The van der Waals surface area contributed by atoms with Gasteiger partial charge in [0, 0.05) is 24.6 Å². The van der Waals surface area contributed by atoms with Crippen LogP contribution in [0.25, 0.3) is 0 Å². The molecule has 0 amide bonds. The molecule has 18 heavy (non-hydrogen) atoms. The molecule has 100 valence electrons. The van der Waals surface area contributed by atoms with Gasteiger partial charge in [-0.1, -0.05) is 13.3 Å². The van der Waals surface area contributed by atoms with Crippen LogP contribution in [0.3, 0.4) is 0 Å². The second-order valence-corrected chi connectivity index (χ2v) is 5.78. The summed E-state index contributed by atoms with van der Waals surface area (Å²) in [4.78, 5) is 9.18. The topological polar surface area (TPSA) is 49.8 Å². The standard InChI is InChI=1S/C14H24N4/c1-5-8-14(2,3)18-12-9-11(15-4)16-13(17-12)10-6-7-10/h9-10H,5-8H2,1-4H3,(H2,15,16,17,18). The molecule has 1 aliphatic rings. The molecule has 0 unspecified atom stereocenters. The molecule has 0 saturated heterocycles. The molecule has 2 rings (SSSR count). The number of aromatic nitrogens is 2. The van der Waals surface area contributed by atoms with Gasteiger partial charge in [-0.3, -0.25) is 0 Å². The molecule has 4 heteroatoms. The molecule has 1 heterocycles. The van der Waals surface area contributed by atoms with E-state index in [2.05, 4.69) is 41.4 Å². The minimum absolute atomic E-state index is 0.0783. The van der Waals surface area contributed by atoms with Crippen molar-refractivity contribution >= 4 is 11.6 Å². The summed E-state index contributed by atoms with van der Waals surface area (Å²) in [5.41, 5.74) is 0.0783. The third-order valence-corrected chi connectivity index (χ3v) is 3.28. The SMILES string of the molecule is CCCC(C)(C)Nc1cc(NC)nc(C2CC2)n1. The molecule has 0 aromatic carbocycles. The zero-order chi connectivity index (χ0) is 13.2. The Bertz CT molecular complexity index is 410. The van der Waals surface area contributed by atoms with E-state index < -0.39 is 0 Å². The summed E-state index contributed by atoms with van der Waals surface area (Å²) in [5.74, 6) is 3.40. The average Bonchev–Trinajstić information content (AvgIpc) is 3.11. The van der Waals surface area contributed by atoms with Crippen LogP contribution in [0.1, 0.15) is 58.2 Å². The first kappa shape index (κ1) is 13.1. The van der Waals surface area contributed by atoms with Crippen molar-refractivity contribution in [2.24, 2.45) is 0 Å². The van der Waals surface area contributed by atoms with Crippen LogP contribution >= 0.6 is 0 Å². The van der Waals surface area contributed by atoms with Crippen LogP contribution < -0.4 is 10.6 Å². The van der Waals surface area contributed by atoms with E-state index in [4.69, 9.17) is 0 Å². The van der Waals surface area contributed by atoms with E-state index in [1.54, 1.807) is 0 Å². The lowest BCUT2D eigenvalue weighted by Crippen LogP contribution is -2.31. The summed E-state index contributed by atoms with van der Waals surface area (Å²) in [6.07, 6.45) is 4.75. The molecule has 1 aliphatic carbocycles. The molecule has 0 spiro atoms. The Kier molecular flexibility index (Phi) is 3.73. The number of rotatable bonds is 6. The number of nitrogens with one attached hydrogen (secondary N) is 2. The molecule has 1 saturated carbocycles. The molecular formula is C14H24N4. The number of anilines is 2. The highest BCUT2D eigenvalue weighted by Crippen LogP contribution is 2.39. The summed E-state index contributed by atoms with van der Waals surface area (Å²) in [5, 5.41) is 6.64. The molecular weight excluding hydrogens is 224 g/mol. The zero-order valence-corrected chi connectivity index (χ0v) is 11.9. The Morgan fingerprint density at radius 2 is 1.94 bits per heavy atom. The van der Waals surface area contributed by atoms with Gasteiger partial charge >= 0.3 is 0 Å². The second-order valence-electron chi connectivity index (χ2n) is 5.78. The number of hydrogen-bond acceptors (Lipinski definition) is 4. The summed E-state index contributed by atoms with van der Waals surface area (Å²) >= 11 is 0. The monoisotopic (exact) mass is 248 g/mol. The third kappa shape index (κ3) is 3.34. The molecule has 2 N–H and O–H groups in total. The highest BCUT2D eigenvalue weighted by atomic mass is 15.1. The van der Waals surface area contributed by atoms with Crippen molar-refractivity contribution in [1.29, 1.82) is 0 Å². The average molecular weight is 248 g/mol.